The Bertz CT molecular complexity index is 1960. The number of allylic oxidation sites excluding steroid dienone is 1. The first-order valence-corrected chi connectivity index (χ1v) is 15.3. The summed E-state index contributed by atoms with van der Waals surface area (Å²) < 4.78 is 13.6. The standard InChI is InChI=1S/C31H23N.C7H15BO2/c1-31(2)26-12-5-3-8-20(26)24-14-18-15-25-23-11-7-10-22-21-9-4-6-13-28(21)32(30(22)23)29(25)17-19(18)16-27(24)31;1-6(2)7(3,4)10-8(5)9-6/h3-14,16-17,25H,15H2,1-2H3;1-5H3. The zero-order chi connectivity index (χ0) is 29.2. The lowest BCUT2D eigenvalue weighted by molar-refractivity contribution is 0.00578. The third kappa shape index (κ3) is 3.43. The molecule has 3 nitrogen and oxygen atoms in total. The predicted octanol–water partition coefficient (Wildman–Crippen LogP) is 9.46. The zero-order valence-electron chi connectivity index (χ0n) is 25.7. The van der Waals surface area contributed by atoms with Gasteiger partial charge < -0.3 is 13.9 Å². The van der Waals surface area contributed by atoms with Gasteiger partial charge in [-0.15, -0.1) is 0 Å². The van der Waals surface area contributed by atoms with E-state index in [0.717, 1.165) is 6.42 Å². The first kappa shape index (κ1) is 26.1. The summed E-state index contributed by atoms with van der Waals surface area (Å²) in [7, 11) is -0.0648. The summed E-state index contributed by atoms with van der Waals surface area (Å²) in [6, 6.07) is 29.7. The van der Waals surface area contributed by atoms with Gasteiger partial charge in [-0.3, -0.25) is 0 Å². The summed E-state index contributed by atoms with van der Waals surface area (Å²) >= 11 is 0. The molecule has 0 amide bonds. The number of nitrogens with zero attached hydrogens (tertiary/aromatic N) is 1. The van der Waals surface area contributed by atoms with Gasteiger partial charge >= 0.3 is 7.12 Å². The van der Waals surface area contributed by atoms with E-state index in [1.165, 1.54) is 66.4 Å². The molecule has 0 radical (unpaired) electrons. The maximum atomic E-state index is 5.54. The van der Waals surface area contributed by atoms with Crippen LogP contribution in [0.2, 0.25) is 6.82 Å². The zero-order valence-corrected chi connectivity index (χ0v) is 25.7. The van der Waals surface area contributed by atoms with Crippen LogP contribution in [0.1, 0.15) is 75.3 Å². The lowest BCUT2D eigenvalue weighted by Crippen LogP contribution is -2.41. The van der Waals surface area contributed by atoms with Gasteiger partial charge in [0, 0.05) is 27.8 Å². The van der Waals surface area contributed by atoms with Crippen molar-refractivity contribution in [1.29, 1.82) is 0 Å². The van der Waals surface area contributed by atoms with Gasteiger partial charge in [-0.05, 0) is 98.1 Å². The molecular formula is C38H38BNO2. The van der Waals surface area contributed by atoms with Crippen molar-refractivity contribution in [2.75, 3.05) is 0 Å². The van der Waals surface area contributed by atoms with Crippen LogP contribution in [-0.2, 0) is 21.1 Å². The number of rotatable bonds is 0. The van der Waals surface area contributed by atoms with Gasteiger partial charge in [-0.1, -0.05) is 80.6 Å². The second-order valence-electron chi connectivity index (χ2n) is 14.0. The third-order valence-corrected chi connectivity index (χ3v) is 10.7. The van der Waals surface area contributed by atoms with E-state index in [9.17, 15) is 0 Å². The van der Waals surface area contributed by atoms with Crippen LogP contribution in [0.15, 0.2) is 78.9 Å². The van der Waals surface area contributed by atoms with Crippen LogP contribution in [0.5, 0.6) is 0 Å². The van der Waals surface area contributed by atoms with Crippen molar-refractivity contribution in [3.8, 4) is 11.1 Å². The minimum atomic E-state index is -0.160. The number of hydrogen-bond acceptors (Lipinski definition) is 2. The van der Waals surface area contributed by atoms with E-state index in [1.54, 1.807) is 0 Å². The first-order valence-electron chi connectivity index (χ1n) is 15.3. The van der Waals surface area contributed by atoms with Crippen LogP contribution in [0.25, 0.3) is 44.7 Å². The van der Waals surface area contributed by atoms with Crippen LogP contribution in [0, 0.1) is 0 Å². The molecule has 9 rings (SSSR count). The van der Waals surface area contributed by atoms with E-state index in [2.05, 4.69) is 131 Å². The van der Waals surface area contributed by atoms with Crippen molar-refractivity contribution in [2.45, 2.75) is 77.3 Å². The molecule has 1 fully saturated rings. The Labute approximate surface area is 249 Å². The molecular weight excluding hydrogens is 513 g/mol. The molecule has 0 spiro atoms. The Morgan fingerprint density at radius 1 is 0.738 bits per heavy atom. The van der Waals surface area contributed by atoms with Crippen molar-refractivity contribution in [3.63, 3.8) is 0 Å². The molecule has 5 aromatic rings. The quantitative estimate of drug-likeness (QED) is 0.179. The highest BCUT2D eigenvalue weighted by Crippen LogP contribution is 2.54. The third-order valence-electron chi connectivity index (χ3n) is 10.7. The van der Waals surface area contributed by atoms with Gasteiger partial charge in [0.25, 0.3) is 0 Å². The Morgan fingerprint density at radius 2 is 1.43 bits per heavy atom. The average Bonchev–Trinajstić information content (AvgIpc) is 3.59. The van der Waals surface area contributed by atoms with E-state index >= 15 is 0 Å². The van der Waals surface area contributed by atoms with E-state index in [0.29, 0.717) is 5.92 Å². The molecule has 4 heteroatoms. The highest BCUT2D eigenvalue weighted by molar-refractivity contribution is 6.43. The number of fused-ring (bicyclic) bond motifs is 10. The highest BCUT2D eigenvalue weighted by atomic mass is 16.7. The van der Waals surface area contributed by atoms with Crippen molar-refractivity contribution in [2.24, 2.45) is 0 Å². The Balaban J connectivity index is 0.000000229. The van der Waals surface area contributed by atoms with Crippen LogP contribution in [-0.4, -0.2) is 22.9 Å². The molecule has 3 heterocycles. The van der Waals surface area contributed by atoms with E-state index < -0.39 is 0 Å². The fraction of sp³-hybridized carbons (Fsp3) is 0.316. The van der Waals surface area contributed by atoms with Crippen molar-refractivity contribution >= 4 is 40.7 Å². The molecule has 210 valence electrons. The molecule has 1 aromatic heterocycles. The lowest BCUT2D eigenvalue weighted by Gasteiger charge is -2.32. The molecule has 0 saturated carbocycles. The second-order valence-corrected chi connectivity index (χ2v) is 14.0. The van der Waals surface area contributed by atoms with Crippen LogP contribution in [0.4, 0.5) is 0 Å². The Kier molecular flexibility index (Phi) is 5.27. The lowest BCUT2D eigenvalue weighted by atomic mass is 9.78. The molecule has 1 atom stereocenters. The molecule has 4 aliphatic rings. The summed E-state index contributed by atoms with van der Waals surface area (Å²) in [5.74, 6) is 0.438. The Morgan fingerprint density at radius 3 is 2.17 bits per heavy atom. The molecule has 1 saturated heterocycles. The van der Waals surface area contributed by atoms with Crippen molar-refractivity contribution in [3.05, 3.63) is 107 Å². The molecule has 4 aromatic carbocycles. The summed E-state index contributed by atoms with van der Waals surface area (Å²) in [6.45, 7) is 14.9. The molecule has 0 bridgehead atoms. The van der Waals surface area contributed by atoms with Gasteiger partial charge in [-0.2, -0.15) is 0 Å². The fourth-order valence-corrected chi connectivity index (χ4v) is 7.93. The van der Waals surface area contributed by atoms with Crippen LogP contribution < -0.4 is 0 Å². The summed E-state index contributed by atoms with van der Waals surface area (Å²) in [5.41, 5.74) is 14.0. The number of hydrogen-bond donors (Lipinski definition) is 0. The first-order chi connectivity index (χ1) is 20.0. The van der Waals surface area contributed by atoms with Gasteiger partial charge in [-0.25, -0.2) is 0 Å². The van der Waals surface area contributed by atoms with Crippen LogP contribution in [0.3, 0.4) is 0 Å². The molecule has 42 heavy (non-hydrogen) atoms. The van der Waals surface area contributed by atoms with E-state index in [-0.39, 0.29) is 23.7 Å². The van der Waals surface area contributed by atoms with Gasteiger partial charge in [0.1, 0.15) is 0 Å². The van der Waals surface area contributed by atoms with Crippen molar-refractivity contribution in [1.82, 2.24) is 4.57 Å². The minimum absolute atomic E-state index is 0.0440. The SMILES string of the molecule is CB1OC(C)(C)C(C)(C)O1.CC1(C)c2ccccc2-c2cc3c(cc21)C=C1C(C3)c2cccc3c4ccccc4n1c23. The average molecular weight is 552 g/mol. The monoisotopic (exact) mass is 551 g/mol. The molecule has 2 aliphatic heterocycles. The fourth-order valence-electron chi connectivity index (χ4n) is 7.93. The van der Waals surface area contributed by atoms with Crippen molar-refractivity contribution < 1.29 is 9.31 Å². The number of para-hydroxylation sites is 2. The summed E-state index contributed by atoms with van der Waals surface area (Å²) in [6.07, 6.45) is 3.56. The van der Waals surface area contributed by atoms with Crippen LogP contribution >= 0.6 is 0 Å². The minimum Gasteiger partial charge on any atom is -0.403 e. The van der Waals surface area contributed by atoms with Gasteiger partial charge in [0.2, 0.25) is 0 Å². The summed E-state index contributed by atoms with van der Waals surface area (Å²) in [4.78, 5) is 0. The second kappa shape index (κ2) is 8.49. The van der Waals surface area contributed by atoms with E-state index in [4.69, 9.17) is 9.31 Å². The summed E-state index contributed by atoms with van der Waals surface area (Å²) in [5, 5.41) is 2.75. The molecule has 0 N–H and O–H groups in total. The highest BCUT2D eigenvalue weighted by Gasteiger charge is 2.48. The van der Waals surface area contributed by atoms with Gasteiger partial charge in [0.05, 0.1) is 22.2 Å². The number of benzene rings is 4. The molecule has 2 aliphatic carbocycles. The maximum absolute atomic E-state index is 5.54. The topological polar surface area (TPSA) is 23.4 Å². The van der Waals surface area contributed by atoms with E-state index in [1.807, 2.05) is 6.82 Å². The normalized spacial score (nSPS) is 21.4. The Hall–Kier alpha value is -3.60. The smallest absolute Gasteiger partial charge is 0.403 e. The number of aromatic nitrogens is 1. The molecule has 1 unspecified atom stereocenters. The maximum Gasteiger partial charge on any atom is 0.454 e. The van der Waals surface area contributed by atoms with Gasteiger partial charge in [0.15, 0.2) is 0 Å². The predicted molar refractivity (Wildman–Crippen MR) is 176 cm³/mol. The largest absolute Gasteiger partial charge is 0.454 e.